The monoisotopic (exact) mass is 464 g/mol. The van der Waals surface area contributed by atoms with Gasteiger partial charge < -0.3 is 15.0 Å². The molecule has 1 fully saturated rings. The molecule has 0 saturated heterocycles. The minimum atomic E-state index is -0.339. The molecule has 0 unspecified atom stereocenters. The summed E-state index contributed by atoms with van der Waals surface area (Å²) in [6.07, 6.45) is 2.96. The van der Waals surface area contributed by atoms with Gasteiger partial charge in [-0.1, -0.05) is 25.1 Å². The quantitative estimate of drug-likeness (QED) is 0.439. The van der Waals surface area contributed by atoms with Crippen LogP contribution in [0.3, 0.4) is 0 Å². The summed E-state index contributed by atoms with van der Waals surface area (Å²) in [6.45, 7) is 9.05. The first-order chi connectivity index (χ1) is 16.2. The Balaban J connectivity index is 1.75. The highest BCUT2D eigenvalue weighted by Crippen LogP contribution is 2.34. The van der Waals surface area contributed by atoms with Crippen molar-refractivity contribution in [3.8, 4) is 17.3 Å². The van der Waals surface area contributed by atoms with Crippen LogP contribution in [0.15, 0.2) is 54.6 Å². The zero-order chi connectivity index (χ0) is 24.3. The molecule has 2 amide bonds. The summed E-state index contributed by atoms with van der Waals surface area (Å²) in [7, 11) is 0. The lowest BCUT2D eigenvalue weighted by atomic mass is 10.1. The number of carbonyl (C=O) groups excluding carboxylic acids is 1. The molecular formula is C27H33FN4O2. The predicted molar refractivity (Wildman–Crippen MR) is 131 cm³/mol. The number of aromatic nitrogens is 2. The maximum absolute atomic E-state index is 13.6. The van der Waals surface area contributed by atoms with Crippen LogP contribution in [-0.2, 0) is 13.0 Å². The number of urea groups is 1. The van der Waals surface area contributed by atoms with Crippen LogP contribution in [0.2, 0.25) is 0 Å². The first-order valence-corrected chi connectivity index (χ1v) is 11.9. The van der Waals surface area contributed by atoms with Gasteiger partial charge in [0.15, 0.2) is 0 Å². The van der Waals surface area contributed by atoms with E-state index in [1.807, 2.05) is 62.9 Å². The topological polar surface area (TPSA) is 59.4 Å². The van der Waals surface area contributed by atoms with Gasteiger partial charge in [0, 0.05) is 12.1 Å². The molecule has 1 aliphatic rings. The number of rotatable bonds is 8. The number of amides is 2. The van der Waals surface area contributed by atoms with Gasteiger partial charge in [-0.05, 0) is 82.3 Å². The average molecular weight is 465 g/mol. The SMILES string of the molecule is CCc1nn(-c2ccc(F)cc2)c(Oc2ccccc2)c1CN(CC1CC1)C(=O)NC(C)(C)C. The number of hydrogen-bond acceptors (Lipinski definition) is 3. The molecule has 34 heavy (non-hydrogen) atoms. The molecule has 0 spiro atoms. The zero-order valence-electron chi connectivity index (χ0n) is 20.3. The Bertz CT molecular complexity index is 1120. The molecular weight excluding hydrogens is 431 g/mol. The van der Waals surface area contributed by atoms with Crippen LogP contribution in [0.5, 0.6) is 11.6 Å². The van der Waals surface area contributed by atoms with Crippen LogP contribution in [0.25, 0.3) is 5.69 Å². The van der Waals surface area contributed by atoms with Gasteiger partial charge in [0.25, 0.3) is 0 Å². The Labute approximate surface area is 200 Å². The van der Waals surface area contributed by atoms with E-state index in [1.54, 1.807) is 16.8 Å². The fourth-order valence-electron chi connectivity index (χ4n) is 3.81. The van der Waals surface area contributed by atoms with Gasteiger partial charge in [-0.15, -0.1) is 0 Å². The first kappa shape index (κ1) is 23.8. The van der Waals surface area contributed by atoms with E-state index in [0.717, 1.165) is 24.1 Å². The highest BCUT2D eigenvalue weighted by atomic mass is 19.1. The van der Waals surface area contributed by atoms with E-state index in [-0.39, 0.29) is 17.4 Å². The van der Waals surface area contributed by atoms with E-state index in [9.17, 15) is 9.18 Å². The van der Waals surface area contributed by atoms with Crippen molar-refractivity contribution in [2.75, 3.05) is 6.54 Å². The molecule has 180 valence electrons. The summed E-state index contributed by atoms with van der Waals surface area (Å²) in [6, 6.07) is 15.6. The summed E-state index contributed by atoms with van der Waals surface area (Å²) < 4.78 is 21.7. The molecule has 0 radical (unpaired) electrons. The molecule has 1 heterocycles. The molecule has 7 heteroatoms. The van der Waals surface area contributed by atoms with E-state index in [0.29, 0.717) is 42.7 Å². The van der Waals surface area contributed by atoms with Crippen LogP contribution in [-0.4, -0.2) is 32.8 Å². The number of nitrogens with zero attached hydrogens (tertiary/aromatic N) is 3. The lowest BCUT2D eigenvalue weighted by Crippen LogP contribution is -2.48. The maximum atomic E-state index is 13.6. The van der Waals surface area contributed by atoms with Crippen molar-refractivity contribution in [2.24, 2.45) is 5.92 Å². The Morgan fingerprint density at radius 2 is 1.82 bits per heavy atom. The van der Waals surface area contributed by atoms with E-state index in [4.69, 9.17) is 9.84 Å². The summed E-state index contributed by atoms with van der Waals surface area (Å²) in [5, 5.41) is 7.92. The van der Waals surface area contributed by atoms with Gasteiger partial charge in [-0.25, -0.2) is 13.9 Å². The van der Waals surface area contributed by atoms with E-state index >= 15 is 0 Å². The van der Waals surface area contributed by atoms with Gasteiger partial charge in [0.1, 0.15) is 11.6 Å². The van der Waals surface area contributed by atoms with Crippen molar-refractivity contribution < 1.29 is 13.9 Å². The van der Waals surface area contributed by atoms with Crippen LogP contribution in [0, 0.1) is 11.7 Å². The first-order valence-electron chi connectivity index (χ1n) is 11.9. The van der Waals surface area contributed by atoms with E-state index in [2.05, 4.69) is 5.32 Å². The normalized spacial score (nSPS) is 13.6. The fraction of sp³-hybridized carbons (Fsp3) is 0.407. The minimum absolute atomic E-state index is 0.0957. The van der Waals surface area contributed by atoms with Gasteiger partial charge in [0.05, 0.1) is 23.5 Å². The van der Waals surface area contributed by atoms with Crippen molar-refractivity contribution >= 4 is 6.03 Å². The van der Waals surface area contributed by atoms with Crippen molar-refractivity contribution in [1.82, 2.24) is 20.0 Å². The fourth-order valence-corrected chi connectivity index (χ4v) is 3.81. The smallest absolute Gasteiger partial charge is 0.318 e. The number of carbonyl (C=O) groups is 1. The molecule has 0 bridgehead atoms. The van der Waals surface area contributed by atoms with E-state index in [1.165, 1.54) is 12.1 Å². The van der Waals surface area contributed by atoms with Gasteiger partial charge >= 0.3 is 6.03 Å². The number of para-hydroxylation sites is 1. The average Bonchev–Trinajstić information content (AvgIpc) is 3.55. The molecule has 6 nitrogen and oxygen atoms in total. The third-order valence-electron chi connectivity index (χ3n) is 5.68. The number of halogens is 1. The molecule has 1 aliphatic carbocycles. The Hall–Kier alpha value is -3.35. The second-order valence-electron chi connectivity index (χ2n) is 9.89. The lowest BCUT2D eigenvalue weighted by molar-refractivity contribution is 0.182. The molecule has 1 saturated carbocycles. The maximum Gasteiger partial charge on any atom is 0.318 e. The zero-order valence-corrected chi connectivity index (χ0v) is 20.3. The van der Waals surface area contributed by atoms with Crippen molar-refractivity contribution in [3.05, 3.63) is 71.7 Å². The highest BCUT2D eigenvalue weighted by Gasteiger charge is 2.31. The third kappa shape index (κ3) is 5.95. The standard InChI is InChI=1S/C27H33FN4O2/c1-5-24-23(18-31(17-19-11-12-19)26(33)29-27(2,3)4)25(34-22-9-7-6-8-10-22)32(30-24)21-15-13-20(28)14-16-21/h6-10,13-16,19H,5,11-12,17-18H2,1-4H3,(H,29,33). The van der Waals surface area contributed by atoms with E-state index < -0.39 is 0 Å². The van der Waals surface area contributed by atoms with Crippen molar-refractivity contribution in [2.45, 2.75) is 59.0 Å². The Kier molecular flexibility index (Phi) is 6.91. The second-order valence-corrected chi connectivity index (χ2v) is 9.89. The number of ether oxygens (including phenoxy) is 1. The third-order valence-corrected chi connectivity index (χ3v) is 5.68. The summed E-state index contributed by atoms with van der Waals surface area (Å²) in [5.74, 6) is 1.43. The molecule has 1 N–H and O–H groups in total. The van der Waals surface area contributed by atoms with Crippen LogP contribution >= 0.6 is 0 Å². The van der Waals surface area contributed by atoms with Crippen LogP contribution < -0.4 is 10.1 Å². The number of nitrogens with one attached hydrogen (secondary N) is 1. The molecule has 0 atom stereocenters. The second kappa shape index (κ2) is 9.87. The largest absolute Gasteiger partial charge is 0.439 e. The lowest BCUT2D eigenvalue weighted by Gasteiger charge is -2.29. The minimum Gasteiger partial charge on any atom is -0.439 e. The summed E-state index contributed by atoms with van der Waals surface area (Å²) in [4.78, 5) is 15.1. The molecule has 0 aliphatic heterocycles. The Morgan fingerprint density at radius 1 is 1.15 bits per heavy atom. The highest BCUT2D eigenvalue weighted by molar-refractivity contribution is 5.75. The van der Waals surface area contributed by atoms with Gasteiger partial charge in [-0.3, -0.25) is 0 Å². The molecule has 2 aromatic carbocycles. The van der Waals surface area contributed by atoms with Crippen LogP contribution in [0.4, 0.5) is 9.18 Å². The molecule has 4 rings (SSSR count). The van der Waals surface area contributed by atoms with Crippen molar-refractivity contribution in [1.29, 1.82) is 0 Å². The number of hydrogen-bond donors (Lipinski definition) is 1. The number of aryl methyl sites for hydroxylation is 1. The van der Waals surface area contributed by atoms with Gasteiger partial charge in [0.2, 0.25) is 5.88 Å². The summed E-state index contributed by atoms with van der Waals surface area (Å²) >= 11 is 0. The summed E-state index contributed by atoms with van der Waals surface area (Å²) in [5.41, 5.74) is 2.06. The Morgan fingerprint density at radius 3 is 2.41 bits per heavy atom. The van der Waals surface area contributed by atoms with Crippen LogP contribution in [0.1, 0.15) is 51.8 Å². The number of benzene rings is 2. The van der Waals surface area contributed by atoms with Gasteiger partial charge in [-0.2, -0.15) is 5.10 Å². The predicted octanol–water partition coefficient (Wildman–Crippen LogP) is 6.09. The van der Waals surface area contributed by atoms with Crippen molar-refractivity contribution in [3.63, 3.8) is 0 Å². The molecule has 3 aromatic rings. The molecule has 1 aromatic heterocycles.